The summed E-state index contributed by atoms with van der Waals surface area (Å²) in [4.78, 5) is 14.4. The van der Waals surface area contributed by atoms with Gasteiger partial charge in [0.1, 0.15) is 5.82 Å². The molecular weight excluding hydrogens is 279 g/mol. The normalized spacial score (nSPS) is 10.4. The van der Waals surface area contributed by atoms with Crippen LogP contribution in [0.4, 0.5) is 15.8 Å². The Bertz CT molecular complexity index is 649. The Morgan fingerprint density at radius 2 is 1.73 bits per heavy atom. The number of nitrogens with zero attached hydrogens (tertiary/aromatic N) is 1. The van der Waals surface area contributed by atoms with E-state index in [0.717, 1.165) is 24.3 Å². The first-order valence-electron chi connectivity index (χ1n) is 7.47. The van der Waals surface area contributed by atoms with Crippen molar-refractivity contribution in [3.05, 3.63) is 59.4 Å². The number of rotatable bonds is 5. The van der Waals surface area contributed by atoms with Gasteiger partial charge in [-0.1, -0.05) is 6.07 Å². The van der Waals surface area contributed by atoms with E-state index in [0.29, 0.717) is 5.56 Å². The Kier molecular flexibility index (Phi) is 5.15. The zero-order chi connectivity index (χ0) is 16.1. The van der Waals surface area contributed by atoms with E-state index in [2.05, 4.69) is 24.1 Å². The third kappa shape index (κ3) is 3.64. The topological polar surface area (TPSA) is 32.3 Å². The minimum absolute atomic E-state index is 0.198. The van der Waals surface area contributed by atoms with Crippen LogP contribution < -0.4 is 10.2 Å². The molecule has 0 aliphatic carbocycles. The molecule has 0 aromatic heterocycles. The summed E-state index contributed by atoms with van der Waals surface area (Å²) >= 11 is 0. The lowest BCUT2D eigenvalue weighted by molar-refractivity contribution is 0.102. The summed E-state index contributed by atoms with van der Waals surface area (Å²) < 4.78 is 13.8. The summed E-state index contributed by atoms with van der Waals surface area (Å²) in [7, 11) is 0. The monoisotopic (exact) mass is 300 g/mol. The Labute approximate surface area is 130 Å². The lowest BCUT2D eigenvalue weighted by atomic mass is 10.1. The molecule has 0 fully saturated rings. The highest BCUT2D eigenvalue weighted by Gasteiger charge is 2.10. The molecule has 1 amide bonds. The number of hydrogen-bond donors (Lipinski definition) is 1. The molecule has 2 aromatic rings. The van der Waals surface area contributed by atoms with Crippen molar-refractivity contribution in [1.29, 1.82) is 0 Å². The molecule has 0 aliphatic heterocycles. The zero-order valence-electron chi connectivity index (χ0n) is 13.2. The highest BCUT2D eigenvalue weighted by Crippen LogP contribution is 2.18. The molecule has 2 aromatic carbocycles. The van der Waals surface area contributed by atoms with Crippen molar-refractivity contribution in [1.82, 2.24) is 0 Å². The van der Waals surface area contributed by atoms with E-state index >= 15 is 0 Å². The third-order valence-corrected chi connectivity index (χ3v) is 3.63. The average molecular weight is 300 g/mol. The van der Waals surface area contributed by atoms with Crippen LogP contribution in [0, 0.1) is 12.7 Å². The van der Waals surface area contributed by atoms with Crippen LogP contribution >= 0.6 is 0 Å². The standard InChI is InChI=1S/C18H21FN2O/c1-4-21(5-2)15-9-7-14(8-10-15)18(22)20-17-11-6-13(3)12-16(17)19/h6-12H,4-5H2,1-3H3,(H,20,22). The summed E-state index contributed by atoms with van der Waals surface area (Å²) in [6.45, 7) is 7.81. The van der Waals surface area contributed by atoms with Crippen molar-refractivity contribution in [3.8, 4) is 0 Å². The van der Waals surface area contributed by atoms with Crippen LogP contribution in [0.3, 0.4) is 0 Å². The number of anilines is 2. The molecule has 4 heteroatoms. The largest absolute Gasteiger partial charge is 0.372 e. The maximum absolute atomic E-state index is 13.8. The smallest absolute Gasteiger partial charge is 0.255 e. The number of nitrogens with one attached hydrogen (secondary N) is 1. The van der Waals surface area contributed by atoms with E-state index in [1.165, 1.54) is 6.07 Å². The summed E-state index contributed by atoms with van der Waals surface area (Å²) in [5.74, 6) is -0.734. The number of hydrogen-bond acceptors (Lipinski definition) is 2. The van der Waals surface area contributed by atoms with Crippen molar-refractivity contribution in [2.75, 3.05) is 23.3 Å². The second-order valence-corrected chi connectivity index (χ2v) is 5.16. The summed E-state index contributed by atoms with van der Waals surface area (Å²) in [6.07, 6.45) is 0. The van der Waals surface area contributed by atoms with Crippen LogP contribution in [0.5, 0.6) is 0 Å². The van der Waals surface area contributed by atoms with E-state index in [1.54, 1.807) is 31.2 Å². The van der Waals surface area contributed by atoms with Gasteiger partial charge in [0.2, 0.25) is 0 Å². The van der Waals surface area contributed by atoms with Gasteiger partial charge in [-0.25, -0.2) is 4.39 Å². The Morgan fingerprint density at radius 1 is 1.09 bits per heavy atom. The fourth-order valence-corrected chi connectivity index (χ4v) is 2.33. The Balaban J connectivity index is 2.13. The molecule has 0 bridgehead atoms. The van der Waals surface area contributed by atoms with Crippen LogP contribution in [0.2, 0.25) is 0 Å². The van der Waals surface area contributed by atoms with E-state index in [1.807, 2.05) is 12.1 Å². The van der Waals surface area contributed by atoms with Crippen molar-refractivity contribution in [2.24, 2.45) is 0 Å². The molecule has 0 atom stereocenters. The van der Waals surface area contributed by atoms with Crippen molar-refractivity contribution in [3.63, 3.8) is 0 Å². The van der Waals surface area contributed by atoms with Gasteiger partial charge in [0, 0.05) is 24.3 Å². The molecule has 1 N–H and O–H groups in total. The van der Waals surface area contributed by atoms with Gasteiger partial charge in [0.15, 0.2) is 0 Å². The van der Waals surface area contributed by atoms with Gasteiger partial charge in [-0.3, -0.25) is 4.79 Å². The lowest BCUT2D eigenvalue weighted by Gasteiger charge is -2.21. The predicted octanol–water partition coefficient (Wildman–Crippen LogP) is 4.23. The van der Waals surface area contributed by atoms with Crippen molar-refractivity contribution < 1.29 is 9.18 Å². The van der Waals surface area contributed by atoms with Gasteiger partial charge in [0.05, 0.1) is 5.69 Å². The first-order chi connectivity index (χ1) is 10.5. The molecule has 0 aliphatic rings. The Morgan fingerprint density at radius 3 is 2.27 bits per heavy atom. The maximum Gasteiger partial charge on any atom is 0.255 e. The van der Waals surface area contributed by atoms with Gasteiger partial charge >= 0.3 is 0 Å². The molecule has 0 unspecified atom stereocenters. The highest BCUT2D eigenvalue weighted by molar-refractivity contribution is 6.04. The number of carbonyl (C=O) groups is 1. The Hall–Kier alpha value is -2.36. The number of aryl methyl sites for hydroxylation is 1. The second-order valence-electron chi connectivity index (χ2n) is 5.16. The average Bonchev–Trinajstić information content (AvgIpc) is 2.52. The molecular formula is C18H21FN2O. The quantitative estimate of drug-likeness (QED) is 0.896. The highest BCUT2D eigenvalue weighted by atomic mass is 19.1. The van der Waals surface area contributed by atoms with E-state index in [-0.39, 0.29) is 11.6 Å². The third-order valence-electron chi connectivity index (χ3n) is 3.63. The SMILES string of the molecule is CCN(CC)c1ccc(C(=O)Nc2ccc(C)cc2F)cc1. The molecule has 3 nitrogen and oxygen atoms in total. The van der Waals surface area contributed by atoms with Crippen LogP contribution in [-0.4, -0.2) is 19.0 Å². The maximum atomic E-state index is 13.8. The van der Waals surface area contributed by atoms with Gasteiger partial charge in [-0.15, -0.1) is 0 Å². The number of benzene rings is 2. The van der Waals surface area contributed by atoms with Crippen LogP contribution in [0.25, 0.3) is 0 Å². The van der Waals surface area contributed by atoms with Crippen LogP contribution in [-0.2, 0) is 0 Å². The molecule has 0 radical (unpaired) electrons. The van der Waals surface area contributed by atoms with Crippen molar-refractivity contribution >= 4 is 17.3 Å². The molecule has 0 spiro atoms. The summed E-state index contributed by atoms with van der Waals surface area (Å²) in [5, 5.41) is 2.60. The van der Waals surface area contributed by atoms with Crippen LogP contribution in [0.15, 0.2) is 42.5 Å². The number of amides is 1. The van der Waals surface area contributed by atoms with E-state index in [9.17, 15) is 9.18 Å². The molecule has 0 saturated carbocycles. The molecule has 22 heavy (non-hydrogen) atoms. The van der Waals surface area contributed by atoms with Crippen LogP contribution in [0.1, 0.15) is 29.8 Å². The van der Waals surface area contributed by atoms with Crippen molar-refractivity contribution in [2.45, 2.75) is 20.8 Å². The first-order valence-corrected chi connectivity index (χ1v) is 7.47. The molecule has 116 valence electrons. The van der Waals surface area contributed by atoms with Gasteiger partial charge in [-0.2, -0.15) is 0 Å². The van der Waals surface area contributed by atoms with E-state index in [4.69, 9.17) is 0 Å². The van der Waals surface area contributed by atoms with Gasteiger partial charge in [0.25, 0.3) is 5.91 Å². The number of carbonyl (C=O) groups excluding carboxylic acids is 1. The summed E-state index contributed by atoms with van der Waals surface area (Å²) in [5.41, 5.74) is 2.60. The molecule has 0 heterocycles. The van der Waals surface area contributed by atoms with Gasteiger partial charge in [-0.05, 0) is 62.7 Å². The first kappa shape index (κ1) is 16.0. The minimum Gasteiger partial charge on any atom is -0.372 e. The van der Waals surface area contributed by atoms with E-state index < -0.39 is 5.82 Å². The minimum atomic E-state index is -0.423. The molecule has 0 saturated heterocycles. The molecule has 2 rings (SSSR count). The second kappa shape index (κ2) is 7.07. The fraction of sp³-hybridized carbons (Fsp3) is 0.278. The predicted molar refractivity (Wildman–Crippen MR) is 89.1 cm³/mol. The van der Waals surface area contributed by atoms with Gasteiger partial charge < -0.3 is 10.2 Å². The summed E-state index contributed by atoms with van der Waals surface area (Å²) in [6, 6.07) is 12.1. The fourth-order valence-electron chi connectivity index (χ4n) is 2.33. The lowest BCUT2D eigenvalue weighted by Crippen LogP contribution is -2.21. The number of halogens is 1. The zero-order valence-corrected chi connectivity index (χ0v) is 13.2.